The zero-order valence-electron chi connectivity index (χ0n) is 16.7. The molecule has 0 saturated carbocycles. The van der Waals surface area contributed by atoms with Gasteiger partial charge in [-0.2, -0.15) is 0 Å². The van der Waals surface area contributed by atoms with Gasteiger partial charge in [0.15, 0.2) is 0 Å². The highest BCUT2D eigenvalue weighted by atomic mass is 32.2. The van der Waals surface area contributed by atoms with E-state index in [1.807, 2.05) is 20.8 Å². The van der Waals surface area contributed by atoms with Crippen molar-refractivity contribution in [3.05, 3.63) is 0 Å². The molecule has 27 heavy (non-hydrogen) atoms. The Kier molecular flexibility index (Phi) is 5.27. The first-order valence-electron chi connectivity index (χ1n) is 9.67. The first-order valence-corrected chi connectivity index (χ1v) is 10.5. The highest BCUT2D eigenvalue weighted by molar-refractivity contribution is 8.02. The Morgan fingerprint density at radius 2 is 2.11 bits per heavy atom. The number of likely N-dealkylation sites (tertiary alicyclic amines) is 1. The number of fused-ring (bicyclic) bond motifs is 1. The fourth-order valence-corrected chi connectivity index (χ4v) is 7.09. The van der Waals surface area contributed by atoms with E-state index in [9.17, 15) is 19.5 Å². The van der Waals surface area contributed by atoms with E-state index < -0.39 is 34.2 Å². The molecule has 0 aromatic heterocycles. The molecule has 2 unspecified atom stereocenters. The number of esters is 1. The number of carbonyl (C=O) groups is 3. The summed E-state index contributed by atoms with van der Waals surface area (Å²) in [4.78, 5) is 40.8. The Bertz CT molecular complexity index is 649. The Hall–Kier alpha value is -1.28. The summed E-state index contributed by atoms with van der Waals surface area (Å²) in [6.45, 7) is 9.23. The van der Waals surface area contributed by atoms with Gasteiger partial charge in [-0.3, -0.25) is 14.4 Å². The van der Waals surface area contributed by atoms with Crippen LogP contribution in [-0.4, -0.2) is 68.6 Å². The SMILES string of the molecule is CCOC(=O)[C@@H]1[C@@H]2CCC3(S2)C(C(=O)NC(C)(C)C)N([C@H](C)CO)C(=O)[C@H]13. The smallest absolute Gasteiger partial charge is 0.310 e. The Balaban J connectivity index is 2.02. The highest BCUT2D eigenvalue weighted by Crippen LogP contribution is 2.66. The second-order valence-electron chi connectivity index (χ2n) is 8.82. The number of rotatable bonds is 5. The van der Waals surface area contributed by atoms with Gasteiger partial charge in [0.1, 0.15) is 6.04 Å². The van der Waals surface area contributed by atoms with Crippen molar-refractivity contribution in [3.8, 4) is 0 Å². The third-order valence-electron chi connectivity index (χ3n) is 5.78. The van der Waals surface area contributed by atoms with E-state index >= 15 is 0 Å². The Morgan fingerprint density at radius 1 is 1.44 bits per heavy atom. The van der Waals surface area contributed by atoms with Crippen molar-refractivity contribution in [2.75, 3.05) is 13.2 Å². The molecule has 3 aliphatic heterocycles. The number of aliphatic hydroxyl groups is 1. The molecular formula is C19H30N2O5S. The zero-order chi connectivity index (χ0) is 20.1. The van der Waals surface area contributed by atoms with Crippen molar-refractivity contribution in [2.45, 2.75) is 75.1 Å². The summed E-state index contributed by atoms with van der Waals surface area (Å²) in [6, 6.07) is -1.18. The maximum absolute atomic E-state index is 13.4. The second-order valence-corrected chi connectivity index (χ2v) is 10.4. The van der Waals surface area contributed by atoms with Crippen LogP contribution in [0.4, 0.5) is 0 Å². The van der Waals surface area contributed by atoms with Crippen LogP contribution >= 0.6 is 11.8 Å². The monoisotopic (exact) mass is 398 g/mol. The van der Waals surface area contributed by atoms with Gasteiger partial charge in [-0.25, -0.2) is 0 Å². The maximum atomic E-state index is 13.4. The highest BCUT2D eigenvalue weighted by Gasteiger charge is 2.74. The lowest BCUT2D eigenvalue weighted by atomic mass is 9.71. The molecule has 3 heterocycles. The van der Waals surface area contributed by atoms with Crippen molar-refractivity contribution < 1.29 is 24.2 Å². The topological polar surface area (TPSA) is 95.9 Å². The first-order chi connectivity index (χ1) is 12.6. The number of thioether (sulfide) groups is 1. The molecule has 3 fully saturated rings. The first kappa shape index (κ1) is 20.5. The van der Waals surface area contributed by atoms with Gasteiger partial charge in [0, 0.05) is 10.8 Å². The summed E-state index contributed by atoms with van der Waals surface area (Å²) in [6.07, 6.45) is 1.50. The van der Waals surface area contributed by atoms with Crippen LogP contribution in [0.1, 0.15) is 47.5 Å². The summed E-state index contributed by atoms with van der Waals surface area (Å²) >= 11 is 1.60. The zero-order valence-corrected chi connectivity index (χ0v) is 17.5. The molecule has 3 saturated heterocycles. The standard InChI is InChI=1S/C19H30N2O5S/c1-6-26-17(25)12-11-7-8-19(27-11)13(12)16(24)21(10(2)9-22)14(19)15(23)20-18(3,4)5/h10-14,22H,6-9H2,1-5H3,(H,20,23)/t10-,11+,12-,13+,14?,19?/m1/s1. The van der Waals surface area contributed by atoms with Crippen LogP contribution in [0.5, 0.6) is 0 Å². The lowest BCUT2D eigenvalue weighted by Gasteiger charge is -2.37. The molecule has 6 atom stereocenters. The average molecular weight is 399 g/mol. The molecule has 0 radical (unpaired) electrons. The number of nitrogens with one attached hydrogen (secondary N) is 1. The molecular weight excluding hydrogens is 368 g/mol. The van der Waals surface area contributed by atoms with E-state index in [-0.39, 0.29) is 36.2 Å². The van der Waals surface area contributed by atoms with E-state index in [0.29, 0.717) is 6.42 Å². The fraction of sp³-hybridized carbons (Fsp3) is 0.842. The molecule has 0 aromatic carbocycles. The molecule has 8 heteroatoms. The number of hydrogen-bond acceptors (Lipinski definition) is 6. The predicted octanol–water partition coefficient (Wildman–Crippen LogP) is 0.936. The van der Waals surface area contributed by atoms with Crippen molar-refractivity contribution in [1.29, 1.82) is 0 Å². The van der Waals surface area contributed by atoms with E-state index in [4.69, 9.17) is 4.74 Å². The molecule has 3 aliphatic rings. The molecule has 0 aromatic rings. The molecule has 2 amide bonds. The molecule has 1 spiro atoms. The third-order valence-corrected chi connectivity index (χ3v) is 7.73. The van der Waals surface area contributed by atoms with Crippen LogP contribution in [0.2, 0.25) is 0 Å². The molecule has 3 rings (SSSR count). The van der Waals surface area contributed by atoms with E-state index in [0.717, 1.165) is 6.42 Å². The van der Waals surface area contributed by atoms with Gasteiger partial charge >= 0.3 is 5.97 Å². The summed E-state index contributed by atoms with van der Waals surface area (Å²) < 4.78 is 4.63. The van der Waals surface area contributed by atoms with Crippen LogP contribution in [0.15, 0.2) is 0 Å². The molecule has 2 N–H and O–H groups in total. The molecule has 152 valence electrons. The number of ether oxygens (including phenoxy) is 1. The summed E-state index contributed by atoms with van der Waals surface area (Å²) in [5.74, 6) is -1.85. The normalized spacial score (nSPS) is 35.9. The molecule has 7 nitrogen and oxygen atoms in total. The van der Waals surface area contributed by atoms with Crippen molar-refractivity contribution in [1.82, 2.24) is 10.2 Å². The van der Waals surface area contributed by atoms with Crippen LogP contribution in [0.3, 0.4) is 0 Å². The predicted molar refractivity (Wildman–Crippen MR) is 102 cm³/mol. The third kappa shape index (κ3) is 3.14. The van der Waals surface area contributed by atoms with Crippen molar-refractivity contribution in [3.63, 3.8) is 0 Å². The number of nitrogens with zero attached hydrogens (tertiary/aromatic N) is 1. The summed E-state index contributed by atoms with van der Waals surface area (Å²) in [5.41, 5.74) is -0.440. The van der Waals surface area contributed by atoms with Crippen molar-refractivity contribution in [2.24, 2.45) is 11.8 Å². The largest absolute Gasteiger partial charge is 0.466 e. The quantitative estimate of drug-likeness (QED) is 0.669. The maximum Gasteiger partial charge on any atom is 0.310 e. The summed E-state index contributed by atoms with van der Waals surface area (Å²) in [7, 11) is 0. The van der Waals surface area contributed by atoms with Gasteiger partial charge in [0.25, 0.3) is 0 Å². The minimum Gasteiger partial charge on any atom is -0.466 e. The van der Waals surface area contributed by atoms with Gasteiger partial charge in [-0.15, -0.1) is 11.8 Å². The molecule has 0 aliphatic carbocycles. The van der Waals surface area contributed by atoms with Gasteiger partial charge in [-0.05, 0) is 47.5 Å². The molecule has 2 bridgehead atoms. The van der Waals surface area contributed by atoms with E-state index in [2.05, 4.69) is 5.32 Å². The minimum absolute atomic E-state index is 0.00881. The lowest BCUT2D eigenvalue weighted by Crippen LogP contribution is -2.58. The van der Waals surface area contributed by atoms with Crippen LogP contribution in [0, 0.1) is 11.8 Å². The number of amides is 2. The van der Waals surface area contributed by atoms with Crippen LogP contribution < -0.4 is 5.32 Å². The Morgan fingerprint density at radius 3 is 2.67 bits per heavy atom. The minimum atomic E-state index is -0.689. The summed E-state index contributed by atoms with van der Waals surface area (Å²) in [5, 5.41) is 12.7. The van der Waals surface area contributed by atoms with E-state index in [1.165, 1.54) is 4.90 Å². The number of hydrogen-bond donors (Lipinski definition) is 2. The van der Waals surface area contributed by atoms with Gasteiger partial charge < -0.3 is 20.1 Å². The van der Waals surface area contributed by atoms with Gasteiger partial charge in [-0.1, -0.05) is 0 Å². The van der Waals surface area contributed by atoms with Crippen LogP contribution in [0.25, 0.3) is 0 Å². The van der Waals surface area contributed by atoms with E-state index in [1.54, 1.807) is 25.6 Å². The average Bonchev–Trinajstić information content (AvgIpc) is 3.20. The van der Waals surface area contributed by atoms with Crippen LogP contribution in [-0.2, 0) is 19.1 Å². The van der Waals surface area contributed by atoms with Crippen molar-refractivity contribution >= 4 is 29.5 Å². The number of aliphatic hydroxyl groups excluding tert-OH is 1. The second kappa shape index (κ2) is 6.95. The lowest BCUT2D eigenvalue weighted by molar-refractivity contribution is -0.154. The van der Waals surface area contributed by atoms with Gasteiger partial charge in [0.05, 0.1) is 35.8 Å². The Labute approximate surface area is 164 Å². The number of carbonyl (C=O) groups excluding carboxylic acids is 3. The fourth-order valence-electron chi connectivity index (χ4n) is 4.90. The van der Waals surface area contributed by atoms with Gasteiger partial charge in [0.2, 0.25) is 11.8 Å².